The first-order valence-electron chi connectivity index (χ1n) is 12.8. The lowest BCUT2D eigenvalue weighted by atomic mass is 9.88. The Morgan fingerprint density at radius 3 is 2.50 bits per heavy atom. The van der Waals surface area contributed by atoms with Crippen LogP contribution in [-0.2, 0) is 16.6 Å². The molecule has 0 spiro atoms. The second kappa shape index (κ2) is 10.3. The van der Waals surface area contributed by atoms with Crippen molar-refractivity contribution in [2.24, 2.45) is 5.73 Å². The number of carbonyl (C=O) groups excluding carboxylic acids is 1. The highest BCUT2D eigenvalue weighted by Gasteiger charge is 2.29. The number of piperazine rings is 1. The van der Waals surface area contributed by atoms with Gasteiger partial charge < -0.3 is 16.0 Å². The second-order valence-electron chi connectivity index (χ2n) is 9.86. The average Bonchev–Trinajstić information content (AvgIpc) is 3.33. The van der Waals surface area contributed by atoms with Gasteiger partial charge >= 0.3 is 0 Å². The maximum absolute atomic E-state index is 12.4. The number of hydrogen-bond acceptors (Lipinski definition) is 5. The van der Waals surface area contributed by atoms with E-state index >= 15 is 0 Å². The minimum Gasteiger partial charge on any atom is -0.366 e. The minimum atomic E-state index is -3.17. The zero-order valence-corrected chi connectivity index (χ0v) is 21.6. The molecule has 2 aliphatic rings. The van der Waals surface area contributed by atoms with Crippen LogP contribution in [0.4, 0.5) is 0 Å². The van der Waals surface area contributed by atoms with Crippen LogP contribution in [0.3, 0.4) is 0 Å². The molecule has 1 aromatic heterocycles. The van der Waals surface area contributed by atoms with Gasteiger partial charge in [0, 0.05) is 57.4 Å². The highest BCUT2D eigenvalue weighted by atomic mass is 32.2. The SMILES string of the molecule is CCS(=O)(=O)N1CCC(c2c[nH]c3c(C(N)=O)cc(-c4cccc(CN5CCNCC5)c4)cc23)CC1. The van der Waals surface area contributed by atoms with Crippen molar-refractivity contribution >= 4 is 26.8 Å². The predicted octanol–water partition coefficient (Wildman–Crippen LogP) is 2.87. The molecule has 192 valence electrons. The van der Waals surface area contributed by atoms with Gasteiger partial charge in [-0.15, -0.1) is 0 Å². The molecule has 0 radical (unpaired) electrons. The molecule has 0 unspecified atom stereocenters. The first kappa shape index (κ1) is 25.0. The standard InChI is InChI=1S/C27H35N5O3S/c1-2-36(34,35)32-10-6-20(7-11-32)25-17-30-26-23(25)15-22(16-24(26)27(28)33)21-5-3-4-19(14-21)18-31-12-8-29-9-13-31/h3-5,14-17,20,29-30H,2,6-13,18H2,1H3,(H2,28,33). The van der Waals surface area contributed by atoms with Crippen molar-refractivity contribution in [3.8, 4) is 11.1 Å². The lowest BCUT2D eigenvalue weighted by Gasteiger charge is -2.31. The Hall–Kier alpha value is -2.72. The van der Waals surface area contributed by atoms with Crippen molar-refractivity contribution < 1.29 is 13.2 Å². The highest BCUT2D eigenvalue weighted by Crippen LogP contribution is 2.37. The monoisotopic (exact) mass is 509 g/mol. The van der Waals surface area contributed by atoms with Crippen LogP contribution in [0.5, 0.6) is 0 Å². The first-order chi connectivity index (χ1) is 17.4. The molecule has 0 aliphatic carbocycles. The smallest absolute Gasteiger partial charge is 0.250 e. The molecule has 0 atom stereocenters. The Kier molecular flexibility index (Phi) is 7.16. The number of carbonyl (C=O) groups is 1. The van der Waals surface area contributed by atoms with E-state index in [0.717, 1.165) is 73.2 Å². The van der Waals surface area contributed by atoms with Gasteiger partial charge in [0.1, 0.15) is 0 Å². The van der Waals surface area contributed by atoms with Crippen molar-refractivity contribution in [3.63, 3.8) is 0 Å². The van der Waals surface area contributed by atoms with Gasteiger partial charge in [-0.3, -0.25) is 9.69 Å². The molecule has 4 N–H and O–H groups in total. The minimum absolute atomic E-state index is 0.129. The van der Waals surface area contributed by atoms with Crippen molar-refractivity contribution in [2.75, 3.05) is 45.0 Å². The Bertz CT molecular complexity index is 1350. The lowest BCUT2D eigenvalue weighted by molar-refractivity contribution is 0.100. The molecule has 2 aliphatic heterocycles. The molecule has 8 nitrogen and oxygen atoms in total. The largest absolute Gasteiger partial charge is 0.366 e. The van der Waals surface area contributed by atoms with Crippen LogP contribution in [0.1, 0.15) is 47.2 Å². The molecule has 2 saturated heterocycles. The second-order valence-corrected chi connectivity index (χ2v) is 12.1. The van der Waals surface area contributed by atoms with Gasteiger partial charge in [0.15, 0.2) is 0 Å². The summed E-state index contributed by atoms with van der Waals surface area (Å²) in [7, 11) is -3.17. The third-order valence-electron chi connectivity index (χ3n) is 7.61. The van der Waals surface area contributed by atoms with Gasteiger partial charge in [-0.05, 0) is 66.1 Å². The van der Waals surface area contributed by atoms with E-state index in [4.69, 9.17) is 5.73 Å². The summed E-state index contributed by atoms with van der Waals surface area (Å²) in [5.74, 6) is -0.114. The molecule has 2 fully saturated rings. The van der Waals surface area contributed by atoms with Crippen LogP contribution in [0.15, 0.2) is 42.6 Å². The van der Waals surface area contributed by atoms with E-state index in [1.165, 1.54) is 5.56 Å². The van der Waals surface area contributed by atoms with Crippen LogP contribution in [0.25, 0.3) is 22.0 Å². The molecule has 9 heteroatoms. The van der Waals surface area contributed by atoms with Crippen molar-refractivity contribution in [3.05, 3.63) is 59.3 Å². The van der Waals surface area contributed by atoms with Gasteiger partial charge in [0.2, 0.25) is 10.0 Å². The number of sulfonamides is 1. The van der Waals surface area contributed by atoms with Crippen LogP contribution >= 0.6 is 0 Å². The lowest BCUT2D eigenvalue weighted by Crippen LogP contribution is -2.42. The summed E-state index contributed by atoms with van der Waals surface area (Å²) in [5, 5.41) is 4.38. The van der Waals surface area contributed by atoms with E-state index in [9.17, 15) is 13.2 Å². The maximum atomic E-state index is 12.4. The van der Waals surface area contributed by atoms with Gasteiger partial charge in [-0.1, -0.05) is 18.2 Å². The summed E-state index contributed by atoms with van der Waals surface area (Å²) in [4.78, 5) is 18.2. The summed E-state index contributed by atoms with van der Waals surface area (Å²) in [6.07, 6.45) is 3.47. The molecule has 1 amide bonds. The number of nitrogens with two attached hydrogens (primary N) is 1. The molecule has 0 bridgehead atoms. The number of rotatable bonds is 7. The normalized spacial score (nSPS) is 18.6. The highest BCUT2D eigenvalue weighted by molar-refractivity contribution is 7.89. The number of aromatic amines is 1. The number of amides is 1. The van der Waals surface area contributed by atoms with E-state index in [0.29, 0.717) is 18.7 Å². The zero-order chi connectivity index (χ0) is 25.3. The zero-order valence-electron chi connectivity index (χ0n) is 20.8. The fraction of sp³-hybridized carbons (Fsp3) is 0.444. The number of hydrogen-bond donors (Lipinski definition) is 3. The number of benzene rings is 2. The summed E-state index contributed by atoms with van der Waals surface area (Å²) in [5.41, 5.74) is 11.4. The Balaban J connectivity index is 1.46. The number of primary amides is 1. The molecule has 3 aromatic rings. The Morgan fingerprint density at radius 2 is 1.81 bits per heavy atom. The molecule has 2 aromatic carbocycles. The van der Waals surface area contributed by atoms with Crippen molar-refractivity contribution in [1.29, 1.82) is 0 Å². The Labute approximate surface area is 212 Å². The third kappa shape index (κ3) is 5.06. The number of fused-ring (bicyclic) bond motifs is 1. The average molecular weight is 510 g/mol. The van der Waals surface area contributed by atoms with E-state index in [1.54, 1.807) is 11.2 Å². The molecule has 3 heterocycles. The summed E-state index contributed by atoms with van der Waals surface area (Å²) in [6.45, 7) is 7.71. The van der Waals surface area contributed by atoms with Crippen LogP contribution in [0, 0.1) is 0 Å². The first-order valence-corrected chi connectivity index (χ1v) is 14.4. The molecular weight excluding hydrogens is 474 g/mol. The number of nitrogens with zero attached hydrogens (tertiary/aromatic N) is 2. The van der Waals surface area contributed by atoms with Crippen molar-refractivity contribution in [2.45, 2.75) is 32.2 Å². The van der Waals surface area contributed by atoms with E-state index in [-0.39, 0.29) is 11.7 Å². The third-order valence-corrected chi connectivity index (χ3v) is 9.50. The van der Waals surface area contributed by atoms with E-state index in [1.807, 2.05) is 12.3 Å². The number of piperidine rings is 1. The summed E-state index contributed by atoms with van der Waals surface area (Å²) < 4.78 is 26.2. The quantitative estimate of drug-likeness (QED) is 0.454. The van der Waals surface area contributed by atoms with E-state index in [2.05, 4.69) is 45.5 Å². The van der Waals surface area contributed by atoms with Gasteiger partial charge in [-0.2, -0.15) is 0 Å². The van der Waals surface area contributed by atoms with Gasteiger partial charge in [0.05, 0.1) is 16.8 Å². The number of nitrogens with one attached hydrogen (secondary N) is 2. The van der Waals surface area contributed by atoms with Gasteiger partial charge in [-0.25, -0.2) is 12.7 Å². The Morgan fingerprint density at radius 1 is 1.06 bits per heavy atom. The molecule has 5 rings (SSSR count). The fourth-order valence-corrected chi connectivity index (χ4v) is 6.69. The molecule has 0 saturated carbocycles. The summed E-state index contributed by atoms with van der Waals surface area (Å²) in [6, 6.07) is 12.5. The van der Waals surface area contributed by atoms with Crippen molar-refractivity contribution in [1.82, 2.24) is 19.5 Å². The number of H-pyrrole nitrogens is 1. The molecule has 36 heavy (non-hydrogen) atoms. The van der Waals surface area contributed by atoms with Crippen LogP contribution in [0.2, 0.25) is 0 Å². The molecular formula is C27H35N5O3S. The predicted molar refractivity (Wildman–Crippen MR) is 143 cm³/mol. The number of aromatic nitrogens is 1. The van der Waals surface area contributed by atoms with E-state index < -0.39 is 15.9 Å². The maximum Gasteiger partial charge on any atom is 0.250 e. The van der Waals surface area contributed by atoms with Crippen LogP contribution in [-0.4, -0.2) is 73.5 Å². The van der Waals surface area contributed by atoms with Gasteiger partial charge in [0.25, 0.3) is 5.91 Å². The van der Waals surface area contributed by atoms with Crippen LogP contribution < -0.4 is 11.1 Å². The fourth-order valence-electron chi connectivity index (χ4n) is 5.56. The topological polar surface area (TPSA) is 112 Å². The summed E-state index contributed by atoms with van der Waals surface area (Å²) >= 11 is 0.